The number of aliphatic hydroxyl groups excluding tert-OH is 1. The molecule has 42 heavy (non-hydrogen) atoms. The van der Waals surface area contributed by atoms with Crippen LogP contribution in [0.15, 0.2) is 24.4 Å². The van der Waals surface area contributed by atoms with E-state index in [1.807, 2.05) is 30.5 Å². The van der Waals surface area contributed by atoms with E-state index in [-0.39, 0.29) is 41.6 Å². The van der Waals surface area contributed by atoms with E-state index in [1.165, 1.54) is 18.2 Å². The molecule has 12 heteroatoms. The van der Waals surface area contributed by atoms with Gasteiger partial charge in [0.1, 0.15) is 22.8 Å². The van der Waals surface area contributed by atoms with Crippen molar-refractivity contribution in [1.29, 1.82) is 0 Å². The number of anilines is 3. The van der Waals surface area contributed by atoms with Crippen LogP contribution in [0.3, 0.4) is 0 Å². The Morgan fingerprint density at radius 1 is 1.02 bits per heavy atom. The normalized spacial score (nSPS) is 22.8. The molecule has 0 bridgehead atoms. The maximum atomic E-state index is 14.6. The van der Waals surface area contributed by atoms with E-state index in [4.69, 9.17) is 4.98 Å². The van der Waals surface area contributed by atoms with E-state index >= 15 is 0 Å². The first-order chi connectivity index (χ1) is 20.2. The fraction of sp³-hybridized carbons (Fsp3) is 0.600. The molecule has 0 spiro atoms. The van der Waals surface area contributed by atoms with Crippen LogP contribution in [0.5, 0.6) is 0 Å². The Balaban J connectivity index is 1.41. The fourth-order valence-electron chi connectivity index (χ4n) is 6.11. The number of nitrogens with zero attached hydrogens (tertiary/aromatic N) is 6. The number of likely N-dealkylation sites (N-methyl/N-ethyl adjacent to an activating group) is 2. The number of aliphatic hydroxyl groups is 1. The summed E-state index contributed by atoms with van der Waals surface area (Å²) in [4.78, 5) is 31.3. The van der Waals surface area contributed by atoms with Gasteiger partial charge >= 0.3 is 0 Å². The molecule has 2 fully saturated rings. The largest absolute Gasteiger partial charge is 0.393 e. The number of carbonyl (C=O) groups is 1. The SMILES string of the molecule is CCN(CCN(C)C)C(=O)[C@H]1CC[C@@H](n2c(Nc3c(F)cccc3F)nc3cnc(N[C@H]4CC[C@H](O)CC4)nc32)CC1. The minimum Gasteiger partial charge on any atom is -0.393 e. The summed E-state index contributed by atoms with van der Waals surface area (Å²) in [7, 11) is 4.00. The van der Waals surface area contributed by atoms with E-state index < -0.39 is 11.6 Å². The summed E-state index contributed by atoms with van der Waals surface area (Å²) in [6.45, 7) is 4.20. The lowest BCUT2D eigenvalue weighted by Gasteiger charge is -2.33. The fourth-order valence-corrected chi connectivity index (χ4v) is 6.11. The lowest BCUT2D eigenvalue weighted by atomic mass is 9.85. The monoisotopic (exact) mass is 584 g/mol. The van der Waals surface area contributed by atoms with Crippen molar-refractivity contribution < 1.29 is 18.7 Å². The molecule has 5 rings (SSSR count). The first-order valence-corrected chi connectivity index (χ1v) is 15.1. The van der Waals surface area contributed by atoms with Gasteiger partial charge in [0.15, 0.2) is 5.65 Å². The summed E-state index contributed by atoms with van der Waals surface area (Å²) in [5.41, 5.74) is 0.806. The van der Waals surface area contributed by atoms with E-state index in [0.717, 1.165) is 32.2 Å². The van der Waals surface area contributed by atoms with Crippen LogP contribution < -0.4 is 10.6 Å². The summed E-state index contributed by atoms with van der Waals surface area (Å²) in [5.74, 6) is -0.561. The molecule has 2 aromatic heterocycles. The van der Waals surface area contributed by atoms with Gasteiger partial charge < -0.3 is 25.5 Å². The number of benzene rings is 1. The second-order valence-electron chi connectivity index (χ2n) is 11.8. The second kappa shape index (κ2) is 13.3. The van der Waals surface area contributed by atoms with Gasteiger partial charge in [-0.1, -0.05) is 6.07 Å². The predicted molar refractivity (Wildman–Crippen MR) is 159 cm³/mol. The average Bonchev–Trinajstić information content (AvgIpc) is 3.33. The number of fused-ring (bicyclic) bond motifs is 1. The number of amides is 1. The van der Waals surface area contributed by atoms with Crippen LogP contribution in [0, 0.1) is 17.6 Å². The molecule has 0 atom stereocenters. The maximum absolute atomic E-state index is 14.6. The number of rotatable bonds is 10. The molecule has 2 aliphatic carbocycles. The zero-order valence-corrected chi connectivity index (χ0v) is 24.7. The lowest BCUT2D eigenvalue weighted by molar-refractivity contribution is -0.136. The van der Waals surface area contributed by atoms with Gasteiger partial charge in [-0.05, 0) is 84.5 Å². The Morgan fingerprint density at radius 2 is 1.71 bits per heavy atom. The van der Waals surface area contributed by atoms with Gasteiger partial charge in [0.25, 0.3) is 0 Å². The molecular weight excluding hydrogens is 542 g/mol. The van der Waals surface area contributed by atoms with E-state index in [2.05, 4.69) is 25.5 Å². The summed E-state index contributed by atoms with van der Waals surface area (Å²) in [6, 6.07) is 3.81. The topological polar surface area (TPSA) is 111 Å². The third kappa shape index (κ3) is 6.81. The number of hydrogen-bond donors (Lipinski definition) is 3. The smallest absolute Gasteiger partial charge is 0.225 e. The highest BCUT2D eigenvalue weighted by Crippen LogP contribution is 2.38. The highest BCUT2D eigenvalue weighted by Gasteiger charge is 2.32. The van der Waals surface area contributed by atoms with Crippen molar-refractivity contribution >= 4 is 34.7 Å². The molecule has 0 radical (unpaired) electrons. The molecule has 0 aliphatic heterocycles. The minimum atomic E-state index is -0.715. The summed E-state index contributed by atoms with van der Waals surface area (Å²) in [5, 5.41) is 16.2. The molecule has 10 nitrogen and oxygen atoms in total. The van der Waals surface area contributed by atoms with Crippen molar-refractivity contribution in [2.45, 2.75) is 76.5 Å². The third-order valence-corrected chi connectivity index (χ3v) is 8.58. The first-order valence-electron chi connectivity index (χ1n) is 15.1. The van der Waals surface area contributed by atoms with Crippen molar-refractivity contribution in [3.8, 4) is 0 Å². The zero-order valence-electron chi connectivity index (χ0n) is 24.7. The Hall–Kier alpha value is -3.38. The number of imidazole rings is 1. The molecule has 0 saturated heterocycles. The number of halogens is 2. The average molecular weight is 585 g/mol. The van der Waals surface area contributed by atoms with Crippen molar-refractivity contribution in [3.63, 3.8) is 0 Å². The van der Waals surface area contributed by atoms with Crippen LogP contribution in [0.4, 0.5) is 26.4 Å². The van der Waals surface area contributed by atoms with Gasteiger partial charge in [0.2, 0.25) is 17.8 Å². The molecule has 2 heterocycles. The molecule has 2 aliphatic rings. The predicted octanol–water partition coefficient (Wildman–Crippen LogP) is 4.70. The molecule has 228 valence electrons. The Bertz CT molecular complexity index is 1350. The van der Waals surface area contributed by atoms with Gasteiger partial charge in [0, 0.05) is 37.6 Å². The Morgan fingerprint density at radius 3 is 2.36 bits per heavy atom. The van der Waals surface area contributed by atoms with E-state index in [0.29, 0.717) is 55.9 Å². The standard InChI is InChI=1S/C30H42F2N8O2/c1-4-39(17-16-38(2)3)28(42)19-8-12-21(13-9-19)40-27-25(35-30(40)36-26-23(31)6-5-7-24(26)32)18-33-29(37-27)34-20-10-14-22(41)15-11-20/h5-7,18-22,41H,4,8-17H2,1-3H3,(H,35,36)(H,33,34,37)/t19-,20-,21+,22-. The third-order valence-electron chi connectivity index (χ3n) is 8.58. The molecule has 1 aromatic carbocycles. The zero-order chi connectivity index (χ0) is 29.8. The van der Waals surface area contributed by atoms with Crippen LogP contribution in [-0.2, 0) is 4.79 Å². The molecule has 1 amide bonds. The van der Waals surface area contributed by atoms with Crippen molar-refractivity contribution in [2.75, 3.05) is 44.4 Å². The van der Waals surface area contributed by atoms with Crippen LogP contribution >= 0.6 is 0 Å². The van der Waals surface area contributed by atoms with Gasteiger partial charge in [-0.25, -0.2) is 18.7 Å². The molecule has 3 aromatic rings. The molecule has 2 saturated carbocycles. The van der Waals surface area contributed by atoms with Crippen LogP contribution in [0.25, 0.3) is 11.2 Å². The van der Waals surface area contributed by atoms with Crippen molar-refractivity contribution in [1.82, 2.24) is 29.3 Å². The number of carbonyl (C=O) groups excluding carboxylic acids is 1. The van der Waals surface area contributed by atoms with Gasteiger partial charge in [0.05, 0.1) is 12.3 Å². The number of nitrogens with one attached hydrogen (secondary N) is 2. The quantitative estimate of drug-likeness (QED) is 0.314. The highest BCUT2D eigenvalue weighted by molar-refractivity contribution is 5.79. The molecule has 3 N–H and O–H groups in total. The van der Waals surface area contributed by atoms with E-state index in [1.54, 1.807) is 6.20 Å². The summed E-state index contributed by atoms with van der Waals surface area (Å²) >= 11 is 0. The van der Waals surface area contributed by atoms with Crippen LogP contribution in [-0.4, -0.2) is 86.2 Å². The summed E-state index contributed by atoms with van der Waals surface area (Å²) in [6.07, 6.45) is 7.28. The second-order valence-corrected chi connectivity index (χ2v) is 11.8. The first kappa shape index (κ1) is 30.1. The van der Waals surface area contributed by atoms with Crippen LogP contribution in [0.1, 0.15) is 64.3 Å². The van der Waals surface area contributed by atoms with Gasteiger partial charge in [-0.2, -0.15) is 4.98 Å². The summed E-state index contributed by atoms with van der Waals surface area (Å²) < 4.78 is 31.2. The minimum absolute atomic E-state index is 0.0629. The van der Waals surface area contributed by atoms with E-state index in [9.17, 15) is 18.7 Å². The maximum Gasteiger partial charge on any atom is 0.225 e. The Kier molecular flexibility index (Phi) is 9.52. The van der Waals surface area contributed by atoms with Crippen LogP contribution in [0.2, 0.25) is 0 Å². The van der Waals surface area contributed by atoms with Crippen molar-refractivity contribution in [3.05, 3.63) is 36.0 Å². The molecular formula is C30H42F2N8O2. The Labute approximate surface area is 245 Å². The van der Waals surface area contributed by atoms with Crippen molar-refractivity contribution in [2.24, 2.45) is 5.92 Å². The lowest BCUT2D eigenvalue weighted by Crippen LogP contribution is -2.41. The van der Waals surface area contributed by atoms with Gasteiger partial charge in [-0.3, -0.25) is 9.36 Å². The highest BCUT2D eigenvalue weighted by atomic mass is 19.1. The number of aromatic nitrogens is 4. The number of hydrogen-bond acceptors (Lipinski definition) is 8. The van der Waals surface area contributed by atoms with Gasteiger partial charge in [-0.15, -0.1) is 0 Å². The molecule has 0 unspecified atom stereocenters. The number of para-hydroxylation sites is 1.